The lowest BCUT2D eigenvalue weighted by Crippen LogP contribution is -2.44. The van der Waals surface area contributed by atoms with E-state index in [1.807, 2.05) is 11.0 Å². The molecule has 5 nitrogen and oxygen atoms in total. The highest BCUT2D eigenvalue weighted by Crippen LogP contribution is 2.30. The number of amides is 1. The topological polar surface area (TPSA) is 58.1 Å². The van der Waals surface area contributed by atoms with Crippen LogP contribution in [0.3, 0.4) is 0 Å². The van der Waals surface area contributed by atoms with Crippen LogP contribution in [0.5, 0.6) is 0 Å². The first-order chi connectivity index (χ1) is 11.7. The van der Waals surface area contributed by atoms with E-state index in [-0.39, 0.29) is 17.8 Å². The predicted octanol–water partition coefficient (Wildman–Crippen LogP) is 2.52. The van der Waals surface area contributed by atoms with Gasteiger partial charge in [0.05, 0.1) is 0 Å². The molecule has 24 heavy (non-hydrogen) atoms. The van der Waals surface area contributed by atoms with Crippen molar-refractivity contribution in [3.63, 3.8) is 0 Å². The van der Waals surface area contributed by atoms with Gasteiger partial charge >= 0.3 is 0 Å². The third-order valence-corrected chi connectivity index (χ3v) is 5.44. The van der Waals surface area contributed by atoms with E-state index in [1.165, 1.54) is 17.4 Å². The van der Waals surface area contributed by atoms with Crippen molar-refractivity contribution in [2.45, 2.75) is 44.2 Å². The first-order valence-electron chi connectivity index (χ1n) is 8.33. The summed E-state index contributed by atoms with van der Waals surface area (Å²) in [6.07, 6.45) is 4.43. The second-order valence-electron chi connectivity index (χ2n) is 6.38. The molecule has 1 aliphatic carbocycles. The second kappa shape index (κ2) is 6.47. The molecule has 0 unspecified atom stereocenters. The van der Waals surface area contributed by atoms with Gasteiger partial charge in [-0.2, -0.15) is 0 Å². The van der Waals surface area contributed by atoms with Gasteiger partial charge in [0.1, 0.15) is 16.9 Å². The maximum Gasteiger partial charge on any atom is 0.243 e. The fourth-order valence-corrected chi connectivity index (χ4v) is 3.97. The molecule has 2 heterocycles. The Morgan fingerprint density at radius 3 is 2.92 bits per heavy atom. The van der Waals surface area contributed by atoms with Crippen molar-refractivity contribution < 1.29 is 9.18 Å². The maximum atomic E-state index is 13.8. The number of anilines is 1. The fourth-order valence-electron chi connectivity index (χ4n) is 3.03. The minimum absolute atomic E-state index is 0.0980. The molecule has 2 aromatic rings. The molecule has 2 fully saturated rings. The van der Waals surface area contributed by atoms with Gasteiger partial charge in [-0.15, -0.1) is 10.2 Å². The highest BCUT2D eigenvalue weighted by Gasteiger charge is 2.35. The Labute approximate surface area is 143 Å². The zero-order chi connectivity index (χ0) is 16.5. The van der Waals surface area contributed by atoms with Crippen LogP contribution in [0.1, 0.15) is 36.3 Å². The Morgan fingerprint density at radius 1 is 1.29 bits per heavy atom. The lowest BCUT2D eigenvalue weighted by atomic mass is 10.1. The van der Waals surface area contributed by atoms with Crippen molar-refractivity contribution in [2.24, 2.45) is 0 Å². The van der Waals surface area contributed by atoms with Gasteiger partial charge in [0.25, 0.3) is 0 Å². The second-order valence-corrected chi connectivity index (χ2v) is 7.42. The summed E-state index contributed by atoms with van der Waals surface area (Å²) in [6.45, 7) is 0.817. The number of nitrogens with zero attached hydrogens (tertiary/aromatic N) is 3. The quantitative estimate of drug-likeness (QED) is 0.904. The summed E-state index contributed by atoms with van der Waals surface area (Å²) >= 11 is 1.45. The number of aromatic nitrogens is 2. The van der Waals surface area contributed by atoms with E-state index >= 15 is 0 Å². The smallest absolute Gasteiger partial charge is 0.243 e. The molecule has 0 radical (unpaired) electrons. The Hall–Kier alpha value is -2.02. The Bertz CT molecular complexity index is 746. The van der Waals surface area contributed by atoms with E-state index in [9.17, 15) is 9.18 Å². The molecule has 0 bridgehead atoms. The van der Waals surface area contributed by atoms with Crippen molar-refractivity contribution in [3.8, 4) is 0 Å². The standard InChI is InChI=1S/C17H19FN4OS/c18-13-5-2-1-4-11(13)10-15-20-21-17(24-15)22-9-3-6-14(22)16(23)19-12-7-8-12/h1-2,4-5,12,14H,3,6-10H2,(H,19,23)/t14-/m0/s1. The molecule has 1 aliphatic heterocycles. The fraction of sp³-hybridized carbons (Fsp3) is 0.471. The van der Waals surface area contributed by atoms with Gasteiger partial charge in [-0.1, -0.05) is 29.5 Å². The van der Waals surface area contributed by atoms with Crippen LogP contribution in [0.2, 0.25) is 0 Å². The van der Waals surface area contributed by atoms with Crippen LogP contribution in [-0.4, -0.2) is 34.7 Å². The van der Waals surface area contributed by atoms with Crippen LogP contribution in [0, 0.1) is 5.82 Å². The van der Waals surface area contributed by atoms with Crippen molar-refractivity contribution in [3.05, 3.63) is 40.7 Å². The molecule has 1 amide bonds. The molecule has 7 heteroatoms. The van der Waals surface area contributed by atoms with Crippen molar-refractivity contribution in [2.75, 3.05) is 11.4 Å². The summed E-state index contributed by atoms with van der Waals surface area (Å²) in [5, 5.41) is 13.0. The molecule has 1 saturated carbocycles. The zero-order valence-electron chi connectivity index (χ0n) is 13.2. The number of carbonyl (C=O) groups is 1. The molecule has 0 spiro atoms. The van der Waals surface area contributed by atoms with Crippen molar-refractivity contribution in [1.29, 1.82) is 0 Å². The Kier molecular flexibility index (Phi) is 4.18. The molecule has 1 aromatic heterocycles. The molecular formula is C17H19FN4OS. The predicted molar refractivity (Wildman–Crippen MR) is 90.6 cm³/mol. The van der Waals surface area contributed by atoms with E-state index in [0.717, 1.165) is 42.4 Å². The van der Waals surface area contributed by atoms with Crippen molar-refractivity contribution >= 4 is 22.4 Å². The molecule has 1 aromatic carbocycles. The average Bonchev–Trinajstić information content (AvgIpc) is 3.08. The molecule has 1 atom stereocenters. The average molecular weight is 346 g/mol. The van der Waals surface area contributed by atoms with E-state index in [1.54, 1.807) is 12.1 Å². The summed E-state index contributed by atoms with van der Waals surface area (Å²) in [5.41, 5.74) is 0.615. The van der Waals surface area contributed by atoms with Crippen LogP contribution in [0.25, 0.3) is 0 Å². The number of carbonyl (C=O) groups excluding carboxylic acids is 1. The molecule has 1 saturated heterocycles. The van der Waals surface area contributed by atoms with Crippen LogP contribution in [0.15, 0.2) is 24.3 Å². The maximum absolute atomic E-state index is 13.8. The first-order valence-corrected chi connectivity index (χ1v) is 9.15. The summed E-state index contributed by atoms with van der Waals surface area (Å²) < 4.78 is 13.8. The van der Waals surface area contributed by atoms with Gasteiger partial charge in [-0.05, 0) is 37.3 Å². The van der Waals surface area contributed by atoms with E-state index in [2.05, 4.69) is 15.5 Å². The molecular weight excluding hydrogens is 327 g/mol. The van der Waals surface area contributed by atoms with Gasteiger partial charge in [-0.3, -0.25) is 4.79 Å². The third kappa shape index (κ3) is 3.26. The van der Waals surface area contributed by atoms with E-state index in [0.29, 0.717) is 18.0 Å². The Balaban J connectivity index is 1.47. The van der Waals surface area contributed by atoms with Crippen LogP contribution < -0.4 is 10.2 Å². The summed E-state index contributed by atoms with van der Waals surface area (Å²) in [6, 6.07) is 6.93. The molecule has 126 valence electrons. The Morgan fingerprint density at radius 2 is 2.12 bits per heavy atom. The number of halogens is 1. The summed E-state index contributed by atoms with van der Waals surface area (Å²) in [5.74, 6) is -0.127. The lowest BCUT2D eigenvalue weighted by Gasteiger charge is -2.22. The van der Waals surface area contributed by atoms with Gasteiger partial charge in [0.15, 0.2) is 0 Å². The van der Waals surface area contributed by atoms with Crippen molar-refractivity contribution in [1.82, 2.24) is 15.5 Å². The highest BCUT2D eigenvalue weighted by atomic mass is 32.1. The number of hydrogen-bond donors (Lipinski definition) is 1. The first kappa shape index (κ1) is 15.5. The lowest BCUT2D eigenvalue weighted by molar-refractivity contribution is -0.122. The number of rotatable bonds is 5. The normalized spacial score (nSPS) is 20.4. The van der Waals surface area contributed by atoms with E-state index < -0.39 is 0 Å². The monoisotopic (exact) mass is 346 g/mol. The van der Waals surface area contributed by atoms with Gasteiger partial charge < -0.3 is 10.2 Å². The van der Waals surface area contributed by atoms with E-state index in [4.69, 9.17) is 0 Å². The summed E-state index contributed by atoms with van der Waals surface area (Å²) in [4.78, 5) is 14.4. The minimum Gasteiger partial charge on any atom is -0.352 e. The third-order valence-electron chi connectivity index (χ3n) is 4.48. The summed E-state index contributed by atoms with van der Waals surface area (Å²) in [7, 11) is 0. The zero-order valence-corrected chi connectivity index (χ0v) is 14.1. The highest BCUT2D eigenvalue weighted by molar-refractivity contribution is 7.15. The number of hydrogen-bond acceptors (Lipinski definition) is 5. The van der Waals surface area contributed by atoms with Crippen LogP contribution >= 0.6 is 11.3 Å². The largest absolute Gasteiger partial charge is 0.352 e. The van der Waals surface area contributed by atoms with Gasteiger partial charge in [0, 0.05) is 19.0 Å². The SMILES string of the molecule is O=C(NC1CC1)[C@@H]1CCCN1c1nnc(Cc2ccccc2F)s1. The van der Waals surface area contributed by atoms with Gasteiger partial charge in [-0.25, -0.2) is 4.39 Å². The molecule has 1 N–H and O–H groups in total. The minimum atomic E-state index is -0.225. The van der Waals surface area contributed by atoms with Crippen LogP contribution in [0.4, 0.5) is 9.52 Å². The number of benzene rings is 1. The molecule has 2 aliphatic rings. The van der Waals surface area contributed by atoms with Gasteiger partial charge in [0.2, 0.25) is 11.0 Å². The number of nitrogens with one attached hydrogen (secondary N) is 1. The van der Waals surface area contributed by atoms with Crippen LogP contribution in [-0.2, 0) is 11.2 Å². The molecule has 4 rings (SSSR count).